The van der Waals surface area contributed by atoms with Gasteiger partial charge in [0.25, 0.3) is 0 Å². The number of aliphatic hydroxyl groups is 2. The Morgan fingerprint density at radius 1 is 0.926 bits per heavy atom. The zero-order chi connectivity index (χ0) is 19.6. The Hall–Kier alpha value is 0.436. The van der Waals surface area contributed by atoms with Gasteiger partial charge in [-0.15, -0.1) is 0 Å². The van der Waals surface area contributed by atoms with E-state index < -0.39 is 18.0 Å². The van der Waals surface area contributed by atoms with Crippen LogP contribution in [0.1, 0.15) is 97.3 Å². The van der Waals surface area contributed by atoms with Gasteiger partial charge in [0, 0.05) is 6.42 Å². The third kappa shape index (κ3) is 21.0. The van der Waals surface area contributed by atoms with Crippen LogP contribution in [0.4, 0.5) is 0 Å². The van der Waals surface area contributed by atoms with Crippen LogP contribution in [0.15, 0.2) is 12.2 Å². The second kappa shape index (κ2) is 21.2. The first-order valence-corrected chi connectivity index (χ1v) is 10.2. The SMILES string of the molecule is CCCCCC[C@@H](O)C/C=C\CCCCCCCC(=O)OC(=O)C(C)O.[KH]. The van der Waals surface area contributed by atoms with E-state index in [-0.39, 0.29) is 63.9 Å². The molecule has 5 nitrogen and oxygen atoms in total. The molecule has 0 aliphatic rings. The van der Waals surface area contributed by atoms with E-state index in [2.05, 4.69) is 23.8 Å². The summed E-state index contributed by atoms with van der Waals surface area (Å²) < 4.78 is 4.48. The van der Waals surface area contributed by atoms with Gasteiger partial charge in [-0.05, 0) is 39.0 Å². The van der Waals surface area contributed by atoms with Crippen molar-refractivity contribution in [1.29, 1.82) is 0 Å². The molecular weight excluding hydrogens is 371 g/mol. The molecule has 0 fully saturated rings. The van der Waals surface area contributed by atoms with Gasteiger partial charge in [-0.1, -0.05) is 64.0 Å². The van der Waals surface area contributed by atoms with Gasteiger partial charge in [-0.2, -0.15) is 0 Å². The van der Waals surface area contributed by atoms with Crippen LogP contribution in [0.5, 0.6) is 0 Å². The van der Waals surface area contributed by atoms with Gasteiger partial charge in [-0.25, -0.2) is 4.79 Å². The fourth-order valence-corrected chi connectivity index (χ4v) is 2.61. The summed E-state index contributed by atoms with van der Waals surface area (Å²) in [4.78, 5) is 22.4. The summed E-state index contributed by atoms with van der Waals surface area (Å²) >= 11 is 0. The van der Waals surface area contributed by atoms with Gasteiger partial charge in [0.05, 0.1) is 6.10 Å². The van der Waals surface area contributed by atoms with E-state index >= 15 is 0 Å². The van der Waals surface area contributed by atoms with Crippen molar-refractivity contribution in [3.05, 3.63) is 12.2 Å². The number of carbonyl (C=O) groups excluding carboxylic acids is 2. The topological polar surface area (TPSA) is 83.8 Å². The second-order valence-corrected chi connectivity index (χ2v) is 6.99. The third-order valence-electron chi connectivity index (χ3n) is 4.27. The number of carbonyl (C=O) groups is 2. The van der Waals surface area contributed by atoms with Crippen molar-refractivity contribution in [2.45, 2.75) is 110 Å². The van der Waals surface area contributed by atoms with E-state index in [1.165, 1.54) is 26.2 Å². The third-order valence-corrected chi connectivity index (χ3v) is 4.27. The van der Waals surface area contributed by atoms with Crippen LogP contribution in [0.3, 0.4) is 0 Å². The molecule has 0 aliphatic carbocycles. The van der Waals surface area contributed by atoms with Crippen molar-refractivity contribution in [3.8, 4) is 0 Å². The monoisotopic (exact) mass is 410 g/mol. The number of unbranched alkanes of at least 4 members (excludes halogenated alkanes) is 8. The Kier molecular flexibility index (Phi) is 23.2. The molecule has 0 aromatic rings. The predicted molar refractivity (Wildman–Crippen MR) is 111 cm³/mol. The van der Waals surface area contributed by atoms with E-state index in [1.807, 2.05) is 0 Å². The quantitative estimate of drug-likeness (QED) is 0.133. The molecule has 2 N–H and O–H groups in total. The molecule has 0 aromatic heterocycles. The molecule has 0 rings (SSSR count). The summed E-state index contributed by atoms with van der Waals surface area (Å²) in [6.45, 7) is 3.47. The molecule has 6 heteroatoms. The molecule has 0 radical (unpaired) electrons. The standard InChI is InChI=1S/C21H38O5.K.H/c1-3-4-5-12-15-19(23)16-13-10-8-6-7-9-11-14-17-20(24)26-21(25)18(2)22;;/h10,13,18-19,22-23H,3-9,11-12,14-17H2,1-2H3;;/b13-10-;;/t18?,19-;;/m1../s1. The van der Waals surface area contributed by atoms with Crippen molar-refractivity contribution in [2.75, 3.05) is 0 Å². The summed E-state index contributed by atoms with van der Waals surface area (Å²) in [7, 11) is 0. The molecule has 2 atom stereocenters. The zero-order valence-electron chi connectivity index (χ0n) is 16.6. The summed E-state index contributed by atoms with van der Waals surface area (Å²) in [6.07, 6.45) is 15.3. The van der Waals surface area contributed by atoms with Crippen molar-refractivity contribution < 1.29 is 24.5 Å². The first kappa shape index (κ1) is 29.6. The number of hydrogen-bond donors (Lipinski definition) is 2. The van der Waals surface area contributed by atoms with Crippen LogP contribution in [0.2, 0.25) is 0 Å². The maximum absolute atomic E-state index is 11.3. The van der Waals surface area contributed by atoms with Crippen LogP contribution >= 0.6 is 0 Å². The molecule has 0 amide bonds. The van der Waals surface area contributed by atoms with E-state index in [4.69, 9.17) is 5.11 Å². The Morgan fingerprint density at radius 2 is 1.56 bits per heavy atom. The van der Waals surface area contributed by atoms with Gasteiger partial charge in [0.2, 0.25) is 0 Å². The Labute approximate surface area is 207 Å². The van der Waals surface area contributed by atoms with Gasteiger partial charge >= 0.3 is 63.3 Å². The van der Waals surface area contributed by atoms with Crippen molar-refractivity contribution in [3.63, 3.8) is 0 Å². The summed E-state index contributed by atoms with van der Waals surface area (Å²) in [5, 5.41) is 18.8. The van der Waals surface area contributed by atoms with Crippen LogP contribution in [0.25, 0.3) is 0 Å². The Balaban J connectivity index is 0. The minimum absolute atomic E-state index is 0. The number of hydrogen-bond acceptors (Lipinski definition) is 5. The summed E-state index contributed by atoms with van der Waals surface area (Å²) in [5.74, 6) is -1.44. The number of ether oxygens (including phenoxy) is 1. The van der Waals surface area contributed by atoms with Crippen molar-refractivity contribution in [1.82, 2.24) is 0 Å². The fraction of sp³-hybridized carbons (Fsp3) is 0.810. The molecule has 0 bridgehead atoms. The van der Waals surface area contributed by atoms with Crippen molar-refractivity contribution >= 4 is 63.3 Å². The number of rotatable bonds is 16. The van der Waals surface area contributed by atoms with E-state index in [1.54, 1.807) is 0 Å². The average molecular weight is 411 g/mol. The molecule has 154 valence electrons. The zero-order valence-corrected chi connectivity index (χ0v) is 16.6. The van der Waals surface area contributed by atoms with Crippen LogP contribution in [-0.4, -0.2) is 85.7 Å². The summed E-state index contributed by atoms with van der Waals surface area (Å²) in [5.41, 5.74) is 0. The van der Waals surface area contributed by atoms with Gasteiger partial charge < -0.3 is 14.9 Å². The molecule has 27 heavy (non-hydrogen) atoms. The first-order chi connectivity index (χ1) is 12.5. The minimum atomic E-state index is -1.26. The van der Waals surface area contributed by atoms with E-state index in [0.29, 0.717) is 6.42 Å². The second-order valence-electron chi connectivity index (χ2n) is 6.99. The number of allylic oxidation sites excluding steroid dienone is 1. The molecular formula is C21H39KO5. The molecule has 0 saturated heterocycles. The molecule has 0 aliphatic heterocycles. The first-order valence-electron chi connectivity index (χ1n) is 10.2. The maximum atomic E-state index is 11.3. The van der Waals surface area contributed by atoms with Gasteiger partial charge in [0.1, 0.15) is 6.10 Å². The van der Waals surface area contributed by atoms with Gasteiger partial charge in [-0.3, -0.25) is 4.79 Å². The summed E-state index contributed by atoms with van der Waals surface area (Å²) in [6, 6.07) is 0. The molecule has 0 spiro atoms. The molecule has 0 heterocycles. The van der Waals surface area contributed by atoms with E-state index in [0.717, 1.165) is 51.4 Å². The molecule has 1 unspecified atom stereocenters. The van der Waals surface area contributed by atoms with Crippen molar-refractivity contribution in [2.24, 2.45) is 0 Å². The average Bonchev–Trinajstić information content (AvgIpc) is 2.60. The van der Waals surface area contributed by atoms with Crippen LogP contribution in [-0.2, 0) is 14.3 Å². The normalized spacial score (nSPS) is 13.2. The molecule has 0 aromatic carbocycles. The van der Waals surface area contributed by atoms with Crippen LogP contribution < -0.4 is 0 Å². The number of esters is 2. The van der Waals surface area contributed by atoms with E-state index in [9.17, 15) is 14.7 Å². The Bertz CT molecular complexity index is 396. The fourth-order valence-electron chi connectivity index (χ4n) is 2.61. The Morgan fingerprint density at radius 3 is 2.22 bits per heavy atom. The van der Waals surface area contributed by atoms with Gasteiger partial charge in [0.15, 0.2) is 0 Å². The van der Waals surface area contributed by atoms with Crippen LogP contribution in [0, 0.1) is 0 Å². The molecule has 0 saturated carbocycles. The predicted octanol–water partition coefficient (Wildman–Crippen LogP) is 3.80. The number of aliphatic hydroxyl groups excluding tert-OH is 2.